The van der Waals surface area contributed by atoms with Crippen LogP contribution in [-0.4, -0.2) is 17.1 Å². The van der Waals surface area contributed by atoms with Crippen LogP contribution in [0, 0.1) is 0 Å². The van der Waals surface area contributed by atoms with Crippen LogP contribution in [0.2, 0.25) is 0 Å². The zero-order chi connectivity index (χ0) is 15.6. The smallest absolute Gasteiger partial charge is 0.245 e. The highest BCUT2D eigenvalue weighted by molar-refractivity contribution is 5.87. The second-order valence-corrected chi connectivity index (χ2v) is 5.12. The quantitative estimate of drug-likeness (QED) is 0.556. The minimum atomic E-state index is 0.480. The zero-order valence-corrected chi connectivity index (χ0v) is 12.6. The van der Waals surface area contributed by atoms with Gasteiger partial charge in [-0.05, 0) is 12.1 Å². The van der Waals surface area contributed by atoms with Crippen molar-refractivity contribution in [2.75, 3.05) is 7.11 Å². The summed E-state index contributed by atoms with van der Waals surface area (Å²) in [4.78, 5) is 8.99. The van der Waals surface area contributed by atoms with Crippen LogP contribution in [0.25, 0.3) is 33.8 Å². The molecule has 0 atom stereocenters. The molecule has 0 N–H and O–H groups in total. The van der Waals surface area contributed by atoms with Crippen LogP contribution < -0.4 is 4.74 Å². The molecular formula is C19H14N2O2. The topological polar surface area (TPSA) is 48.2 Å². The van der Waals surface area contributed by atoms with Gasteiger partial charge < -0.3 is 9.15 Å². The molecule has 2 heterocycles. The van der Waals surface area contributed by atoms with E-state index < -0.39 is 0 Å². The van der Waals surface area contributed by atoms with Crippen molar-refractivity contribution in [1.29, 1.82) is 0 Å². The molecular weight excluding hydrogens is 288 g/mol. The number of hydrogen-bond acceptors (Lipinski definition) is 4. The van der Waals surface area contributed by atoms with Gasteiger partial charge in [0.25, 0.3) is 0 Å². The zero-order valence-electron chi connectivity index (χ0n) is 12.6. The van der Waals surface area contributed by atoms with Crippen molar-refractivity contribution in [3.05, 3.63) is 66.9 Å². The van der Waals surface area contributed by atoms with Gasteiger partial charge in [-0.3, -0.25) is 0 Å². The lowest BCUT2D eigenvalue weighted by atomic mass is 10.2. The number of oxazole rings is 1. The van der Waals surface area contributed by atoms with Crippen molar-refractivity contribution in [3.8, 4) is 28.7 Å². The fourth-order valence-corrected chi connectivity index (χ4v) is 2.55. The number of para-hydroxylation sites is 1. The van der Waals surface area contributed by atoms with Gasteiger partial charge in [-0.25, -0.2) is 9.97 Å². The molecule has 0 saturated heterocycles. The van der Waals surface area contributed by atoms with Crippen LogP contribution in [0.15, 0.2) is 71.3 Å². The summed E-state index contributed by atoms with van der Waals surface area (Å²) >= 11 is 0. The Morgan fingerprint density at radius 2 is 1.74 bits per heavy atom. The van der Waals surface area contributed by atoms with E-state index in [0.29, 0.717) is 11.6 Å². The van der Waals surface area contributed by atoms with Crippen molar-refractivity contribution in [1.82, 2.24) is 9.97 Å². The van der Waals surface area contributed by atoms with E-state index in [1.54, 1.807) is 13.3 Å². The summed E-state index contributed by atoms with van der Waals surface area (Å²) in [6.07, 6.45) is 1.72. The summed E-state index contributed by atoms with van der Waals surface area (Å²) in [6, 6.07) is 19.6. The Hall–Kier alpha value is -3.14. The second-order valence-electron chi connectivity index (χ2n) is 5.12. The maximum Gasteiger partial charge on any atom is 0.245 e. The number of benzene rings is 2. The molecule has 0 aliphatic rings. The molecule has 0 spiro atoms. The number of aromatic nitrogens is 2. The highest BCUT2D eigenvalue weighted by Crippen LogP contribution is 2.31. The number of hydrogen-bond donors (Lipinski definition) is 0. The van der Waals surface area contributed by atoms with Crippen LogP contribution >= 0.6 is 0 Å². The summed E-state index contributed by atoms with van der Waals surface area (Å²) < 4.78 is 11.3. The Kier molecular flexibility index (Phi) is 3.27. The summed E-state index contributed by atoms with van der Waals surface area (Å²) in [5, 5.41) is 0.966. The van der Waals surface area contributed by atoms with Crippen LogP contribution in [0.4, 0.5) is 0 Å². The van der Waals surface area contributed by atoms with Crippen LogP contribution in [-0.2, 0) is 0 Å². The number of methoxy groups -OCH3 is 1. The van der Waals surface area contributed by atoms with Gasteiger partial charge in [-0.15, -0.1) is 0 Å². The Morgan fingerprint density at radius 3 is 2.57 bits per heavy atom. The molecule has 0 aliphatic carbocycles. The van der Waals surface area contributed by atoms with Crippen molar-refractivity contribution in [2.24, 2.45) is 0 Å². The fourth-order valence-electron chi connectivity index (χ4n) is 2.55. The second kappa shape index (κ2) is 5.57. The van der Waals surface area contributed by atoms with Gasteiger partial charge in [0.2, 0.25) is 5.89 Å². The predicted molar refractivity (Wildman–Crippen MR) is 89.2 cm³/mol. The molecule has 0 bridgehead atoms. The Morgan fingerprint density at radius 1 is 0.957 bits per heavy atom. The van der Waals surface area contributed by atoms with Crippen molar-refractivity contribution >= 4 is 10.9 Å². The van der Waals surface area contributed by atoms with Gasteiger partial charge in [0, 0.05) is 17.0 Å². The molecule has 2 aromatic carbocycles. The fraction of sp³-hybridized carbons (Fsp3) is 0.0526. The van der Waals surface area contributed by atoms with E-state index in [2.05, 4.69) is 9.97 Å². The summed E-state index contributed by atoms with van der Waals surface area (Å²) in [6.45, 7) is 0. The monoisotopic (exact) mass is 302 g/mol. The lowest BCUT2D eigenvalue weighted by Crippen LogP contribution is -1.90. The number of ether oxygens (including phenoxy) is 1. The predicted octanol–water partition coefficient (Wildman–Crippen LogP) is 4.57. The van der Waals surface area contributed by atoms with Crippen LogP contribution in [0.1, 0.15) is 0 Å². The van der Waals surface area contributed by atoms with Gasteiger partial charge in [-0.1, -0.05) is 42.5 Å². The standard InChI is InChI=1S/C19H14N2O2/c1-22-17-11-16(21-15-10-6-5-9-14(15)17)19-20-12-18(23-19)13-7-3-2-4-8-13/h2-12H,1H3. The molecule has 4 heteroatoms. The highest BCUT2D eigenvalue weighted by Gasteiger charge is 2.13. The van der Waals surface area contributed by atoms with E-state index in [4.69, 9.17) is 9.15 Å². The van der Waals surface area contributed by atoms with Gasteiger partial charge >= 0.3 is 0 Å². The van der Waals surface area contributed by atoms with Gasteiger partial charge in [0.05, 0.1) is 18.8 Å². The third-order valence-corrected chi connectivity index (χ3v) is 3.68. The lowest BCUT2D eigenvalue weighted by Gasteiger charge is -2.06. The number of fused-ring (bicyclic) bond motifs is 1. The molecule has 0 aliphatic heterocycles. The molecule has 0 unspecified atom stereocenters. The maximum absolute atomic E-state index is 5.87. The van der Waals surface area contributed by atoms with E-state index >= 15 is 0 Å². The van der Waals surface area contributed by atoms with E-state index in [-0.39, 0.29) is 0 Å². The summed E-state index contributed by atoms with van der Waals surface area (Å²) in [5.74, 6) is 1.95. The minimum absolute atomic E-state index is 0.480. The minimum Gasteiger partial charge on any atom is -0.496 e. The van der Waals surface area contributed by atoms with Gasteiger partial charge in [-0.2, -0.15) is 0 Å². The molecule has 4 aromatic rings. The van der Waals surface area contributed by atoms with Crippen molar-refractivity contribution < 1.29 is 9.15 Å². The van der Waals surface area contributed by atoms with E-state index in [0.717, 1.165) is 28.0 Å². The Labute approximate surface area is 133 Å². The molecule has 23 heavy (non-hydrogen) atoms. The third kappa shape index (κ3) is 2.44. The molecule has 0 radical (unpaired) electrons. The van der Waals surface area contributed by atoms with E-state index in [9.17, 15) is 0 Å². The Bertz CT molecular complexity index is 961. The largest absolute Gasteiger partial charge is 0.496 e. The Balaban J connectivity index is 1.82. The lowest BCUT2D eigenvalue weighted by molar-refractivity contribution is 0.419. The van der Waals surface area contributed by atoms with Gasteiger partial charge in [0.1, 0.15) is 11.4 Å². The SMILES string of the molecule is COc1cc(-c2ncc(-c3ccccc3)o2)nc2ccccc12. The molecule has 0 saturated carbocycles. The normalized spacial score (nSPS) is 10.8. The molecule has 2 aromatic heterocycles. The first-order chi connectivity index (χ1) is 11.3. The van der Waals surface area contributed by atoms with Crippen LogP contribution in [0.3, 0.4) is 0 Å². The average Bonchev–Trinajstić information content (AvgIpc) is 3.11. The maximum atomic E-state index is 5.87. The highest BCUT2D eigenvalue weighted by atomic mass is 16.5. The summed E-state index contributed by atoms with van der Waals surface area (Å²) in [7, 11) is 1.65. The van der Waals surface area contributed by atoms with Crippen molar-refractivity contribution in [3.63, 3.8) is 0 Å². The first-order valence-electron chi connectivity index (χ1n) is 7.30. The molecule has 4 rings (SSSR count). The number of nitrogens with zero attached hydrogens (tertiary/aromatic N) is 2. The third-order valence-electron chi connectivity index (χ3n) is 3.68. The van der Waals surface area contributed by atoms with Crippen LogP contribution in [0.5, 0.6) is 5.75 Å². The first-order valence-corrected chi connectivity index (χ1v) is 7.30. The van der Waals surface area contributed by atoms with E-state index in [1.807, 2.05) is 60.7 Å². The first kappa shape index (κ1) is 13.5. The molecule has 112 valence electrons. The molecule has 0 amide bonds. The number of rotatable bonds is 3. The average molecular weight is 302 g/mol. The van der Waals surface area contributed by atoms with Gasteiger partial charge in [0.15, 0.2) is 5.76 Å². The van der Waals surface area contributed by atoms with E-state index in [1.165, 1.54) is 0 Å². The summed E-state index contributed by atoms with van der Waals surface area (Å²) in [5.41, 5.74) is 2.49. The van der Waals surface area contributed by atoms with Crippen molar-refractivity contribution in [2.45, 2.75) is 0 Å². The molecule has 4 nitrogen and oxygen atoms in total. The molecule has 0 fully saturated rings. The number of pyridine rings is 1.